The van der Waals surface area contributed by atoms with Crippen LogP contribution in [0.15, 0.2) is 4.99 Å². The lowest BCUT2D eigenvalue weighted by Crippen LogP contribution is -2.48. The molecular formula is C15H28F3IN4O2S2. The number of guanidine groups is 1. The van der Waals surface area contributed by atoms with E-state index in [1.165, 1.54) is 4.31 Å². The summed E-state index contributed by atoms with van der Waals surface area (Å²) >= 11 is 1.75. The van der Waals surface area contributed by atoms with Crippen molar-refractivity contribution in [2.24, 2.45) is 10.9 Å². The third kappa shape index (κ3) is 8.13. The van der Waals surface area contributed by atoms with Crippen LogP contribution in [0.5, 0.6) is 0 Å². The fraction of sp³-hybridized carbons (Fsp3) is 0.933. The van der Waals surface area contributed by atoms with E-state index in [0.717, 1.165) is 11.5 Å². The molecule has 0 bridgehead atoms. The highest BCUT2D eigenvalue weighted by molar-refractivity contribution is 14.0. The molecule has 160 valence electrons. The van der Waals surface area contributed by atoms with E-state index in [0.29, 0.717) is 31.9 Å². The maximum Gasteiger partial charge on any atom is 0.391 e. The Morgan fingerprint density at radius 2 is 1.78 bits per heavy atom. The summed E-state index contributed by atoms with van der Waals surface area (Å²) in [5.41, 5.74) is 0. The zero-order valence-corrected chi connectivity index (χ0v) is 19.3. The predicted molar refractivity (Wildman–Crippen MR) is 114 cm³/mol. The van der Waals surface area contributed by atoms with E-state index in [4.69, 9.17) is 0 Å². The van der Waals surface area contributed by atoms with Crippen molar-refractivity contribution in [3.8, 4) is 0 Å². The van der Waals surface area contributed by atoms with Gasteiger partial charge in [-0.1, -0.05) is 0 Å². The van der Waals surface area contributed by atoms with Gasteiger partial charge in [-0.05, 0) is 25.7 Å². The zero-order valence-electron chi connectivity index (χ0n) is 15.3. The minimum atomic E-state index is -4.12. The Bertz CT molecular complexity index is 576. The molecule has 1 saturated carbocycles. The second-order valence-corrected chi connectivity index (χ2v) is 9.87. The maximum atomic E-state index is 12.7. The summed E-state index contributed by atoms with van der Waals surface area (Å²) in [7, 11) is -1.73. The number of nitrogens with zero attached hydrogens (tertiary/aromatic N) is 2. The van der Waals surface area contributed by atoms with Crippen molar-refractivity contribution in [1.29, 1.82) is 0 Å². The number of sulfonamides is 1. The van der Waals surface area contributed by atoms with Crippen LogP contribution in [-0.2, 0) is 10.0 Å². The highest BCUT2D eigenvalue weighted by Gasteiger charge is 2.41. The number of halogens is 4. The molecule has 0 aromatic rings. The van der Waals surface area contributed by atoms with Gasteiger partial charge in [0.05, 0.1) is 11.7 Å². The number of rotatable bonds is 5. The van der Waals surface area contributed by atoms with Crippen LogP contribution >= 0.6 is 35.7 Å². The van der Waals surface area contributed by atoms with E-state index in [1.807, 2.05) is 0 Å². The Balaban J connectivity index is 0.00000364. The Kier molecular flexibility index (Phi) is 10.5. The monoisotopic (exact) mass is 544 g/mol. The summed E-state index contributed by atoms with van der Waals surface area (Å²) in [5, 5.41) is 6.06. The molecule has 1 aliphatic carbocycles. The predicted octanol–water partition coefficient (Wildman–Crippen LogP) is 2.27. The van der Waals surface area contributed by atoms with Crippen molar-refractivity contribution >= 4 is 51.7 Å². The largest absolute Gasteiger partial charge is 0.391 e. The molecule has 0 radical (unpaired) electrons. The Morgan fingerprint density at radius 1 is 1.19 bits per heavy atom. The minimum absolute atomic E-state index is 0. The maximum absolute atomic E-state index is 12.7. The summed E-state index contributed by atoms with van der Waals surface area (Å²) in [6.07, 6.45) is -3.05. The quantitative estimate of drug-likeness (QED) is 0.316. The van der Waals surface area contributed by atoms with Crippen LogP contribution in [0.1, 0.15) is 25.7 Å². The Morgan fingerprint density at radius 3 is 2.30 bits per heavy atom. The summed E-state index contributed by atoms with van der Waals surface area (Å²) in [6, 6.07) is -0.0736. The van der Waals surface area contributed by atoms with Crippen LogP contribution in [0.25, 0.3) is 0 Å². The van der Waals surface area contributed by atoms with Crippen molar-refractivity contribution in [1.82, 2.24) is 14.9 Å². The molecule has 0 aromatic heterocycles. The van der Waals surface area contributed by atoms with Gasteiger partial charge < -0.3 is 10.6 Å². The first kappa shape index (κ1) is 25.1. The third-order valence-electron chi connectivity index (χ3n) is 4.77. The first-order chi connectivity index (χ1) is 12.2. The molecule has 2 rings (SSSR count). The highest BCUT2D eigenvalue weighted by Crippen LogP contribution is 2.37. The van der Waals surface area contributed by atoms with Gasteiger partial charge in [0.2, 0.25) is 10.0 Å². The Labute approximate surface area is 180 Å². The number of aliphatic imine (C=N–C) groups is 1. The van der Waals surface area contributed by atoms with Crippen molar-refractivity contribution in [2.45, 2.75) is 37.9 Å². The molecule has 0 unspecified atom stereocenters. The number of hydrogen-bond acceptors (Lipinski definition) is 4. The molecule has 2 aliphatic rings. The summed E-state index contributed by atoms with van der Waals surface area (Å²) < 4.78 is 64.2. The van der Waals surface area contributed by atoms with E-state index >= 15 is 0 Å². The van der Waals surface area contributed by atoms with Gasteiger partial charge >= 0.3 is 6.18 Å². The van der Waals surface area contributed by atoms with Gasteiger partial charge in [0.1, 0.15) is 0 Å². The van der Waals surface area contributed by atoms with Gasteiger partial charge in [0.15, 0.2) is 5.96 Å². The first-order valence-electron chi connectivity index (χ1n) is 8.82. The van der Waals surface area contributed by atoms with Crippen molar-refractivity contribution in [2.75, 3.05) is 43.9 Å². The normalized spacial score (nSPS) is 25.6. The van der Waals surface area contributed by atoms with Gasteiger partial charge in [0.25, 0.3) is 0 Å². The van der Waals surface area contributed by atoms with Crippen LogP contribution < -0.4 is 10.6 Å². The summed E-state index contributed by atoms with van der Waals surface area (Å²) in [6.45, 7) is 1.30. The molecule has 2 fully saturated rings. The molecule has 12 heteroatoms. The first-order valence-corrected chi connectivity index (χ1v) is 11.6. The van der Waals surface area contributed by atoms with Crippen LogP contribution in [0, 0.1) is 5.92 Å². The zero-order chi connectivity index (χ0) is 19.2. The molecule has 27 heavy (non-hydrogen) atoms. The fourth-order valence-electron chi connectivity index (χ4n) is 3.21. The minimum Gasteiger partial charge on any atom is -0.355 e. The number of thioether (sulfide) groups is 1. The topological polar surface area (TPSA) is 73.8 Å². The van der Waals surface area contributed by atoms with Crippen molar-refractivity contribution in [3.63, 3.8) is 0 Å². The van der Waals surface area contributed by atoms with E-state index in [9.17, 15) is 21.6 Å². The average Bonchev–Trinajstić information content (AvgIpc) is 2.61. The molecule has 2 N–H and O–H groups in total. The second kappa shape index (κ2) is 11.3. The van der Waals surface area contributed by atoms with E-state index < -0.39 is 22.1 Å². The number of alkyl halides is 3. The second-order valence-electron chi connectivity index (χ2n) is 6.56. The van der Waals surface area contributed by atoms with Gasteiger partial charge in [-0.25, -0.2) is 12.7 Å². The molecule has 0 amide bonds. The van der Waals surface area contributed by atoms with Gasteiger partial charge in [-0.2, -0.15) is 24.9 Å². The standard InChI is InChI=1S/C15H27F3N4O2S2.HI/c1-19-14(21-13-4-2-12(3-5-13)15(16,17)18)20-6-11-26(23,24)22-7-9-25-10-8-22;/h12-13H,2-11H2,1H3,(H2,19,20,21);1H. The molecule has 0 atom stereocenters. The average molecular weight is 544 g/mol. The van der Waals surface area contributed by atoms with Crippen LogP contribution in [0.2, 0.25) is 0 Å². The SMILES string of the molecule is CN=C(NCCS(=O)(=O)N1CCSCC1)NC1CCC(C(F)(F)F)CC1.I. The molecule has 1 saturated heterocycles. The van der Waals surface area contributed by atoms with Crippen LogP contribution in [-0.4, -0.2) is 74.8 Å². The van der Waals surface area contributed by atoms with E-state index in [-0.39, 0.29) is 55.2 Å². The van der Waals surface area contributed by atoms with Crippen LogP contribution in [0.4, 0.5) is 13.2 Å². The van der Waals surface area contributed by atoms with E-state index in [2.05, 4.69) is 15.6 Å². The lowest BCUT2D eigenvalue weighted by atomic mass is 9.85. The third-order valence-corrected chi connectivity index (χ3v) is 7.58. The molecule has 1 aliphatic heterocycles. The van der Waals surface area contributed by atoms with Gasteiger partial charge in [0, 0.05) is 44.2 Å². The van der Waals surface area contributed by atoms with Gasteiger partial charge in [-0.3, -0.25) is 4.99 Å². The Hall–Kier alpha value is 0.0500. The molecule has 0 spiro atoms. The lowest BCUT2D eigenvalue weighted by Gasteiger charge is -2.31. The molecule has 1 heterocycles. The van der Waals surface area contributed by atoms with Crippen molar-refractivity contribution < 1.29 is 21.6 Å². The molecule has 0 aromatic carbocycles. The summed E-state index contributed by atoms with van der Waals surface area (Å²) in [5.74, 6) is 0.819. The summed E-state index contributed by atoms with van der Waals surface area (Å²) in [4.78, 5) is 4.04. The van der Waals surface area contributed by atoms with Crippen LogP contribution in [0.3, 0.4) is 0 Å². The highest BCUT2D eigenvalue weighted by atomic mass is 127. The molecular weight excluding hydrogens is 516 g/mol. The number of hydrogen-bond donors (Lipinski definition) is 2. The van der Waals surface area contributed by atoms with E-state index in [1.54, 1.807) is 18.8 Å². The van der Waals surface area contributed by atoms with Crippen molar-refractivity contribution in [3.05, 3.63) is 0 Å². The smallest absolute Gasteiger partial charge is 0.355 e. The fourth-order valence-corrected chi connectivity index (χ4v) is 5.70. The number of nitrogens with one attached hydrogen (secondary N) is 2. The lowest BCUT2D eigenvalue weighted by molar-refractivity contribution is -0.182. The molecule has 6 nitrogen and oxygen atoms in total. The van der Waals surface area contributed by atoms with Gasteiger partial charge in [-0.15, -0.1) is 24.0 Å².